The number of hydrogen-bond donors (Lipinski definition) is 1. The number of rotatable bonds is 8. The second kappa shape index (κ2) is 11.1. The van der Waals surface area contributed by atoms with Crippen LogP contribution in [-0.2, 0) is 6.61 Å². The maximum atomic E-state index is 12.2. The third-order valence-corrected chi connectivity index (χ3v) is 4.81. The van der Waals surface area contributed by atoms with E-state index in [1.807, 2.05) is 19.1 Å². The Morgan fingerprint density at radius 2 is 2.03 bits per heavy atom. The van der Waals surface area contributed by atoms with Crippen molar-refractivity contribution in [2.75, 3.05) is 6.61 Å². The van der Waals surface area contributed by atoms with Crippen LogP contribution in [0.2, 0.25) is 10.2 Å². The fraction of sp³-hybridized carbons (Fsp3) is 0.130. The number of hydrogen-bond acceptors (Lipinski definition) is 6. The summed E-state index contributed by atoms with van der Waals surface area (Å²) >= 11 is 12.3. The van der Waals surface area contributed by atoms with Gasteiger partial charge >= 0.3 is 0 Å². The molecule has 0 atom stereocenters. The Hall–Kier alpha value is -3.60. The molecule has 0 aliphatic rings. The Labute approximate surface area is 195 Å². The number of aromatic nitrogens is 1. The molecule has 0 saturated heterocycles. The summed E-state index contributed by atoms with van der Waals surface area (Å²) in [6.45, 7) is 2.37. The molecule has 1 heterocycles. The highest BCUT2D eigenvalue weighted by Gasteiger charge is 2.14. The SMILES string of the molecule is CCOc1cc(C=NNC(=O)c2cccnc2Cl)cc(Cl)c1OCc1ccccc1C#N. The molecule has 1 aromatic heterocycles. The minimum Gasteiger partial charge on any atom is -0.490 e. The van der Waals surface area contributed by atoms with Crippen LogP contribution in [0.4, 0.5) is 0 Å². The summed E-state index contributed by atoms with van der Waals surface area (Å²) < 4.78 is 11.5. The van der Waals surface area contributed by atoms with Crippen LogP contribution in [-0.4, -0.2) is 23.7 Å². The first-order valence-corrected chi connectivity index (χ1v) is 10.3. The Morgan fingerprint density at radius 3 is 2.78 bits per heavy atom. The third kappa shape index (κ3) is 5.76. The summed E-state index contributed by atoms with van der Waals surface area (Å²) in [5, 5.41) is 13.6. The van der Waals surface area contributed by atoms with Gasteiger partial charge in [-0.25, -0.2) is 10.4 Å². The fourth-order valence-electron chi connectivity index (χ4n) is 2.75. The zero-order chi connectivity index (χ0) is 22.9. The van der Waals surface area contributed by atoms with E-state index in [9.17, 15) is 10.1 Å². The molecule has 0 spiro atoms. The van der Waals surface area contributed by atoms with Gasteiger partial charge in [-0.2, -0.15) is 10.4 Å². The molecule has 32 heavy (non-hydrogen) atoms. The van der Waals surface area contributed by atoms with Crippen LogP contribution in [0, 0.1) is 11.3 Å². The summed E-state index contributed by atoms with van der Waals surface area (Å²) in [5.41, 5.74) is 4.44. The zero-order valence-corrected chi connectivity index (χ0v) is 18.5. The predicted molar refractivity (Wildman–Crippen MR) is 122 cm³/mol. The molecule has 1 amide bonds. The van der Waals surface area contributed by atoms with Crippen LogP contribution in [0.5, 0.6) is 11.5 Å². The molecule has 0 unspecified atom stereocenters. The molecule has 0 aliphatic heterocycles. The Bertz CT molecular complexity index is 1190. The van der Waals surface area contributed by atoms with Crippen molar-refractivity contribution in [2.24, 2.45) is 5.10 Å². The predicted octanol–water partition coefficient (Wildman–Crippen LogP) is 5.00. The molecule has 3 rings (SSSR count). The van der Waals surface area contributed by atoms with Crippen molar-refractivity contribution in [1.82, 2.24) is 10.4 Å². The molecule has 0 radical (unpaired) electrons. The first-order chi connectivity index (χ1) is 15.5. The molecule has 0 aliphatic carbocycles. The van der Waals surface area contributed by atoms with E-state index < -0.39 is 5.91 Å². The van der Waals surface area contributed by atoms with E-state index in [-0.39, 0.29) is 17.3 Å². The summed E-state index contributed by atoms with van der Waals surface area (Å²) in [5.74, 6) is 0.272. The van der Waals surface area contributed by atoms with Crippen LogP contribution in [0.3, 0.4) is 0 Å². The zero-order valence-electron chi connectivity index (χ0n) is 17.0. The number of nitriles is 1. The highest BCUT2D eigenvalue weighted by atomic mass is 35.5. The Morgan fingerprint density at radius 1 is 1.22 bits per heavy atom. The molecule has 9 heteroatoms. The maximum Gasteiger partial charge on any atom is 0.274 e. The average molecular weight is 469 g/mol. The second-order valence-electron chi connectivity index (χ2n) is 6.36. The van der Waals surface area contributed by atoms with E-state index in [0.717, 1.165) is 5.56 Å². The second-order valence-corrected chi connectivity index (χ2v) is 7.13. The monoisotopic (exact) mass is 468 g/mol. The topological polar surface area (TPSA) is 96.6 Å². The minimum atomic E-state index is -0.494. The molecular weight excluding hydrogens is 451 g/mol. The van der Waals surface area contributed by atoms with Crippen molar-refractivity contribution in [1.29, 1.82) is 5.26 Å². The van der Waals surface area contributed by atoms with Gasteiger partial charge in [-0.1, -0.05) is 41.4 Å². The van der Waals surface area contributed by atoms with Gasteiger partial charge in [0.1, 0.15) is 11.8 Å². The summed E-state index contributed by atoms with van der Waals surface area (Å²) in [6, 6.07) is 15.7. The van der Waals surface area contributed by atoms with Crippen molar-refractivity contribution < 1.29 is 14.3 Å². The standard InChI is InChI=1S/C23H18Cl2N4O3/c1-2-31-20-11-15(13-28-29-23(30)18-8-5-9-27-22(18)25)10-19(24)21(20)32-14-17-7-4-3-6-16(17)12-26/h3-11,13H,2,14H2,1H3,(H,29,30). The number of amides is 1. The van der Waals surface area contributed by atoms with Gasteiger partial charge in [0, 0.05) is 11.8 Å². The van der Waals surface area contributed by atoms with E-state index in [2.05, 4.69) is 21.6 Å². The highest BCUT2D eigenvalue weighted by molar-refractivity contribution is 6.33. The van der Waals surface area contributed by atoms with Gasteiger partial charge in [-0.15, -0.1) is 0 Å². The van der Waals surface area contributed by atoms with Gasteiger partial charge in [-0.3, -0.25) is 4.79 Å². The van der Waals surface area contributed by atoms with Crippen molar-refractivity contribution in [3.63, 3.8) is 0 Å². The quantitative estimate of drug-likeness (QED) is 0.285. The van der Waals surface area contributed by atoms with E-state index in [4.69, 9.17) is 32.7 Å². The lowest BCUT2D eigenvalue weighted by molar-refractivity contribution is 0.0955. The number of nitrogens with zero attached hydrogens (tertiary/aromatic N) is 3. The van der Waals surface area contributed by atoms with Gasteiger partial charge < -0.3 is 9.47 Å². The first-order valence-electron chi connectivity index (χ1n) is 9.54. The van der Waals surface area contributed by atoms with Crippen LogP contribution < -0.4 is 14.9 Å². The fourth-order valence-corrected chi connectivity index (χ4v) is 3.23. The molecule has 0 fully saturated rings. The molecule has 7 nitrogen and oxygen atoms in total. The summed E-state index contributed by atoms with van der Waals surface area (Å²) in [4.78, 5) is 16.0. The summed E-state index contributed by atoms with van der Waals surface area (Å²) in [6.07, 6.45) is 2.91. The molecule has 0 saturated carbocycles. The summed E-state index contributed by atoms with van der Waals surface area (Å²) in [7, 11) is 0. The Kier molecular flexibility index (Phi) is 8.03. The van der Waals surface area contributed by atoms with Crippen molar-refractivity contribution in [2.45, 2.75) is 13.5 Å². The van der Waals surface area contributed by atoms with E-state index in [0.29, 0.717) is 34.3 Å². The van der Waals surface area contributed by atoms with E-state index in [1.165, 1.54) is 12.4 Å². The van der Waals surface area contributed by atoms with Crippen molar-refractivity contribution in [3.05, 3.63) is 87.2 Å². The van der Waals surface area contributed by atoms with Crippen molar-refractivity contribution in [3.8, 4) is 17.6 Å². The number of carbonyl (C=O) groups is 1. The largest absolute Gasteiger partial charge is 0.490 e. The third-order valence-electron chi connectivity index (χ3n) is 4.22. The van der Waals surface area contributed by atoms with Gasteiger partial charge in [0.2, 0.25) is 0 Å². The highest BCUT2D eigenvalue weighted by Crippen LogP contribution is 2.37. The number of halogens is 2. The first kappa shape index (κ1) is 23.1. The number of hydrazone groups is 1. The number of carbonyl (C=O) groups excluding carboxylic acids is 1. The van der Waals surface area contributed by atoms with Gasteiger partial charge in [0.05, 0.1) is 35.0 Å². The molecule has 1 N–H and O–H groups in total. The maximum absolute atomic E-state index is 12.2. The molecule has 162 valence electrons. The normalized spacial score (nSPS) is 10.6. The van der Waals surface area contributed by atoms with Crippen LogP contribution in [0.25, 0.3) is 0 Å². The van der Waals surface area contributed by atoms with E-state index in [1.54, 1.807) is 36.4 Å². The van der Waals surface area contributed by atoms with Crippen LogP contribution in [0.15, 0.2) is 59.8 Å². The minimum absolute atomic E-state index is 0.0846. The molecular formula is C23H18Cl2N4O3. The van der Waals surface area contributed by atoms with Gasteiger partial charge in [0.25, 0.3) is 5.91 Å². The number of ether oxygens (including phenoxy) is 2. The number of pyridine rings is 1. The lowest BCUT2D eigenvalue weighted by atomic mass is 10.1. The van der Waals surface area contributed by atoms with Crippen molar-refractivity contribution >= 4 is 35.3 Å². The van der Waals surface area contributed by atoms with E-state index >= 15 is 0 Å². The molecule has 0 bridgehead atoms. The lowest BCUT2D eigenvalue weighted by Crippen LogP contribution is -2.18. The Balaban J connectivity index is 1.76. The van der Waals surface area contributed by atoms with Gasteiger partial charge in [0.15, 0.2) is 11.5 Å². The molecule has 2 aromatic carbocycles. The smallest absolute Gasteiger partial charge is 0.274 e. The van der Waals surface area contributed by atoms with Crippen LogP contribution in [0.1, 0.15) is 34.0 Å². The van der Waals surface area contributed by atoms with Crippen LogP contribution >= 0.6 is 23.2 Å². The molecule has 3 aromatic rings. The average Bonchev–Trinajstić information content (AvgIpc) is 2.79. The lowest BCUT2D eigenvalue weighted by Gasteiger charge is -2.15. The number of benzene rings is 2. The number of nitrogens with one attached hydrogen (secondary N) is 1. The van der Waals surface area contributed by atoms with Gasteiger partial charge in [-0.05, 0) is 42.8 Å².